The van der Waals surface area contributed by atoms with E-state index >= 15 is 0 Å². The first-order valence-electron chi connectivity index (χ1n) is 8.49. The maximum atomic E-state index is 12.8. The number of hydrogen-bond acceptors (Lipinski definition) is 3. The minimum absolute atomic E-state index is 0. The zero-order valence-corrected chi connectivity index (χ0v) is 18.4. The first-order chi connectivity index (χ1) is 12.1. The van der Waals surface area contributed by atoms with Gasteiger partial charge in [-0.05, 0) is 61.4 Å². The molecule has 0 amide bonds. The van der Waals surface area contributed by atoms with E-state index in [2.05, 4.69) is 20.8 Å². The number of amidine groups is 1. The lowest BCUT2D eigenvalue weighted by molar-refractivity contribution is 0.100. The molecule has 0 unspecified atom stereocenters. The summed E-state index contributed by atoms with van der Waals surface area (Å²) < 4.78 is 1.02. The van der Waals surface area contributed by atoms with Crippen LogP contribution in [0.2, 0.25) is 5.02 Å². The minimum Gasteiger partial charge on any atom is -0.322 e. The number of nitrogens with zero attached hydrogens (tertiary/aromatic N) is 2. The van der Waals surface area contributed by atoms with Crippen LogP contribution in [0.4, 0.5) is 5.69 Å². The van der Waals surface area contributed by atoms with Gasteiger partial charge in [0.15, 0.2) is 5.78 Å². The SMILES string of the molecule is Br.O=C(CN(C1=NCCCCC1)c1ccc(Br)cc1)c1ccc(Cl)cc1. The van der Waals surface area contributed by atoms with Crippen LogP contribution < -0.4 is 4.90 Å². The number of rotatable bonds is 4. The van der Waals surface area contributed by atoms with E-state index < -0.39 is 0 Å². The van der Waals surface area contributed by atoms with Gasteiger partial charge in [0.1, 0.15) is 5.84 Å². The van der Waals surface area contributed by atoms with Crippen molar-refractivity contribution in [3.63, 3.8) is 0 Å². The molecule has 0 bridgehead atoms. The molecule has 1 heterocycles. The highest BCUT2D eigenvalue weighted by atomic mass is 79.9. The average Bonchev–Trinajstić information content (AvgIpc) is 2.90. The fraction of sp³-hybridized carbons (Fsp3) is 0.300. The third-order valence-electron chi connectivity index (χ3n) is 4.27. The van der Waals surface area contributed by atoms with Crippen LogP contribution in [0.5, 0.6) is 0 Å². The molecule has 0 N–H and O–H groups in total. The zero-order valence-electron chi connectivity index (χ0n) is 14.3. The van der Waals surface area contributed by atoms with Gasteiger partial charge in [-0.1, -0.05) is 34.0 Å². The van der Waals surface area contributed by atoms with Gasteiger partial charge in [-0.2, -0.15) is 0 Å². The highest BCUT2D eigenvalue weighted by Crippen LogP contribution is 2.22. The summed E-state index contributed by atoms with van der Waals surface area (Å²) in [5, 5.41) is 0.634. The molecule has 0 fully saturated rings. The Bertz CT molecular complexity index is 760. The van der Waals surface area contributed by atoms with Crippen LogP contribution in [0.1, 0.15) is 36.0 Å². The van der Waals surface area contributed by atoms with Crippen LogP contribution in [0, 0.1) is 0 Å². The summed E-state index contributed by atoms with van der Waals surface area (Å²) in [6.45, 7) is 1.11. The number of carbonyl (C=O) groups excluding carboxylic acids is 1. The van der Waals surface area contributed by atoms with Crippen LogP contribution in [0.25, 0.3) is 0 Å². The molecule has 3 nitrogen and oxygen atoms in total. The molecular weight excluding hydrogens is 479 g/mol. The van der Waals surface area contributed by atoms with Gasteiger partial charge in [0, 0.05) is 33.7 Å². The quantitative estimate of drug-likeness (QED) is 0.459. The van der Waals surface area contributed by atoms with E-state index in [0.717, 1.165) is 41.8 Å². The summed E-state index contributed by atoms with van der Waals surface area (Å²) in [5.74, 6) is 1.06. The maximum Gasteiger partial charge on any atom is 0.182 e. The van der Waals surface area contributed by atoms with E-state index in [4.69, 9.17) is 16.6 Å². The fourth-order valence-electron chi connectivity index (χ4n) is 2.90. The van der Waals surface area contributed by atoms with Gasteiger partial charge in [0.25, 0.3) is 0 Å². The molecule has 0 radical (unpaired) electrons. The van der Waals surface area contributed by atoms with Crippen LogP contribution in [-0.4, -0.2) is 24.7 Å². The molecule has 0 aromatic heterocycles. The van der Waals surface area contributed by atoms with Gasteiger partial charge in [0.2, 0.25) is 0 Å². The van der Waals surface area contributed by atoms with Crippen molar-refractivity contribution in [3.05, 3.63) is 63.6 Å². The van der Waals surface area contributed by atoms with E-state index in [0.29, 0.717) is 10.6 Å². The summed E-state index contributed by atoms with van der Waals surface area (Å²) in [4.78, 5) is 19.6. The highest BCUT2D eigenvalue weighted by Gasteiger charge is 2.19. The third-order valence-corrected chi connectivity index (χ3v) is 5.05. The molecule has 0 saturated carbocycles. The molecule has 1 aliphatic heterocycles. The van der Waals surface area contributed by atoms with E-state index in [1.54, 1.807) is 24.3 Å². The number of benzene rings is 2. The zero-order chi connectivity index (χ0) is 17.6. The summed E-state index contributed by atoms with van der Waals surface area (Å²) >= 11 is 9.40. The Kier molecular flexibility index (Phi) is 8.32. The van der Waals surface area contributed by atoms with Crippen LogP contribution in [0.15, 0.2) is 58.0 Å². The molecule has 1 aliphatic rings. The van der Waals surface area contributed by atoms with E-state index in [1.807, 2.05) is 24.3 Å². The van der Waals surface area contributed by atoms with Crippen molar-refractivity contribution in [1.82, 2.24) is 0 Å². The van der Waals surface area contributed by atoms with Crippen molar-refractivity contribution < 1.29 is 4.79 Å². The average molecular weight is 501 g/mol. The number of ketones is 1. The lowest BCUT2D eigenvalue weighted by Gasteiger charge is -2.25. The standard InChI is InChI=1S/C20H20BrClN2O.BrH/c21-16-7-11-18(12-8-16)24(20-4-2-1-3-13-23-20)14-19(25)15-5-9-17(22)10-6-15;/h5-12H,1-4,13-14H2;1H. The molecule has 0 saturated heterocycles. The van der Waals surface area contributed by atoms with Crippen molar-refractivity contribution in [2.75, 3.05) is 18.0 Å². The van der Waals surface area contributed by atoms with Gasteiger partial charge in [0.05, 0.1) is 6.54 Å². The second kappa shape index (κ2) is 10.2. The van der Waals surface area contributed by atoms with Crippen molar-refractivity contribution >= 4 is 61.8 Å². The summed E-state index contributed by atoms with van der Waals surface area (Å²) in [6, 6.07) is 15.1. The first kappa shape index (κ1) is 21.1. The van der Waals surface area contributed by atoms with Gasteiger partial charge in [-0.25, -0.2) is 0 Å². The van der Waals surface area contributed by atoms with Crippen molar-refractivity contribution in [3.8, 4) is 0 Å². The van der Waals surface area contributed by atoms with Gasteiger partial charge in [-0.3, -0.25) is 9.79 Å². The second-order valence-corrected chi connectivity index (χ2v) is 7.45. The number of Topliss-reactive ketones (excluding diaryl/α,β-unsaturated/α-hetero) is 1. The Labute approximate surface area is 178 Å². The van der Waals surface area contributed by atoms with Crippen molar-refractivity contribution in [2.45, 2.75) is 25.7 Å². The van der Waals surface area contributed by atoms with Gasteiger partial charge in [-0.15, -0.1) is 17.0 Å². The predicted molar refractivity (Wildman–Crippen MR) is 118 cm³/mol. The monoisotopic (exact) mass is 498 g/mol. The number of hydrogen-bond donors (Lipinski definition) is 0. The van der Waals surface area contributed by atoms with Gasteiger partial charge >= 0.3 is 0 Å². The molecule has 0 aliphatic carbocycles. The molecule has 0 spiro atoms. The molecule has 138 valence electrons. The van der Waals surface area contributed by atoms with Crippen molar-refractivity contribution in [1.29, 1.82) is 0 Å². The van der Waals surface area contributed by atoms with E-state index in [1.165, 1.54) is 6.42 Å². The number of carbonyl (C=O) groups is 1. The van der Waals surface area contributed by atoms with Crippen LogP contribution >= 0.6 is 44.5 Å². The predicted octanol–water partition coefficient (Wildman–Crippen LogP) is 6.34. The van der Waals surface area contributed by atoms with E-state index in [9.17, 15) is 4.79 Å². The summed E-state index contributed by atoms with van der Waals surface area (Å²) in [7, 11) is 0. The molecule has 2 aromatic rings. The van der Waals surface area contributed by atoms with Crippen molar-refractivity contribution in [2.24, 2.45) is 4.99 Å². The fourth-order valence-corrected chi connectivity index (χ4v) is 3.29. The normalized spacial score (nSPS) is 14.0. The first-order valence-corrected chi connectivity index (χ1v) is 9.66. The highest BCUT2D eigenvalue weighted by molar-refractivity contribution is 9.10. The lowest BCUT2D eigenvalue weighted by Crippen LogP contribution is -2.35. The minimum atomic E-state index is 0. The molecule has 2 aromatic carbocycles. The third kappa shape index (κ3) is 5.66. The number of anilines is 1. The Hall–Kier alpha value is -1.17. The Morgan fingerprint density at radius 2 is 1.73 bits per heavy atom. The molecule has 3 rings (SSSR count). The molecular formula is C20H21Br2ClN2O. The van der Waals surface area contributed by atoms with E-state index in [-0.39, 0.29) is 29.3 Å². The summed E-state index contributed by atoms with van der Waals surface area (Å²) in [6.07, 6.45) is 4.32. The number of halogens is 3. The molecule has 0 atom stereocenters. The van der Waals surface area contributed by atoms with Crippen LogP contribution in [0.3, 0.4) is 0 Å². The summed E-state index contributed by atoms with van der Waals surface area (Å²) in [5.41, 5.74) is 1.66. The number of aliphatic imine (C=N–C) groups is 1. The lowest BCUT2D eigenvalue weighted by atomic mass is 10.1. The Morgan fingerprint density at radius 3 is 2.42 bits per heavy atom. The molecule has 6 heteroatoms. The largest absolute Gasteiger partial charge is 0.322 e. The Morgan fingerprint density at radius 1 is 1.04 bits per heavy atom. The maximum absolute atomic E-state index is 12.8. The second-order valence-electron chi connectivity index (χ2n) is 6.10. The topological polar surface area (TPSA) is 32.7 Å². The molecule has 26 heavy (non-hydrogen) atoms. The Balaban J connectivity index is 0.00000243. The van der Waals surface area contributed by atoms with Gasteiger partial charge < -0.3 is 4.90 Å². The van der Waals surface area contributed by atoms with Crippen LogP contribution in [-0.2, 0) is 0 Å². The smallest absolute Gasteiger partial charge is 0.182 e.